The van der Waals surface area contributed by atoms with Crippen molar-refractivity contribution in [1.82, 2.24) is 10.4 Å². The van der Waals surface area contributed by atoms with E-state index in [1.54, 1.807) is 24.3 Å². The molecular formula is C11H14N2O4S. The van der Waals surface area contributed by atoms with Gasteiger partial charge in [0.05, 0.1) is 12.3 Å². The molecule has 0 aromatic heterocycles. The first-order chi connectivity index (χ1) is 8.38. The number of rotatable bonds is 3. The summed E-state index contributed by atoms with van der Waals surface area (Å²) in [7, 11) is -3.16. The number of carbonyl (C=O) groups excluding carboxylic acids is 1. The molecule has 2 N–H and O–H groups in total. The highest BCUT2D eigenvalue weighted by Crippen LogP contribution is 2.22. The van der Waals surface area contributed by atoms with Gasteiger partial charge in [-0.1, -0.05) is 18.2 Å². The van der Waals surface area contributed by atoms with Gasteiger partial charge >= 0.3 is 0 Å². The van der Waals surface area contributed by atoms with Gasteiger partial charge < -0.3 is 5.11 Å². The van der Waals surface area contributed by atoms with Crippen LogP contribution >= 0.6 is 0 Å². The number of aliphatic hydroxyl groups is 1. The van der Waals surface area contributed by atoms with Crippen LogP contribution in [0.2, 0.25) is 0 Å². The van der Waals surface area contributed by atoms with Crippen LogP contribution in [0.25, 0.3) is 0 Å². The predicted molar refractivity (Wildman–Crippen MR) is 65.3 cm³/mol. The van der Waals surface area contributed by atoms with Gasteiger partial charge in [0.1, 0.15) is 16.1 Å². The lowest BCUT2D eigenvalue weighted by molar-refractivity contribution is 0.0190. The molecule has 6 nitrogen and oxygen atoms in total. The van der Waals surface area contributed by atoms with E-state index in [1.165, 1.54) is 0 Å². The summed E-state index contributed by atoms with van der Waals surface area (Å²) in [6, 6.07) is 6.68. The molecule has 1 unspecified atom stereocenters. The zero-order valence-corrected chi connectivity index (χ0v) is 10.6. The summed E-state index contributed by atoms with van der Waals surface area (Å²) in [5.41, 5.74) is 3.45. The van der Waals surface area contributed by atoms with E-state index >= 15 is 0 Å². The van der Waals surface area contributed by atoms with Gasteiger partial charge in [-0.05, 0) is 6.07 Å². The van der Waals surface area contributed by atoms with Crippen LogP contribution in [0, 0.1) is 0 Å². The third-order valence-corrected chi connectivity index (χ3v) is 3.62. The highest BCUT2D eigenvalue weighted by atomic mass is 32.2. The summed E-state index contributed by atoms with van der Waals surface area (Å²) in [6.45, 7) is 0.00304. The van der Waals surface area contributed by atoms with Crippen molar-refractivity contribution in [2.45, 2.75) is 6.23 Å². The van der Waals surface area contributed by atoms with Crippen LogP contribution in [-0.4, -0.2) is 43.0 Å². The highest BCUT2D eigenvalue weighted by Gasteiger charge is 2.29. The zero-order valence-electron chi connectivity index (χ0n) is 9.83. The van der Waals surface area contributed by atoms with Crippen molar-refractivity contribution in [2.75, 3.05) is 18.6 Å². The number of nitrogens with one attached hydrogen (secondary N) is 1. The molecule has 0 fully saturated rings. The number of aliphatic hydroxyl groups excluding tert-OH is 1. The van der Waals surface area contributed by atoms with Crippen LogP contribution < -0.4 is 5.43 Å². The molecule has 0 bridgehead atoms. The van der Waals surface area contributed by atoms with Crippen molar-refractivity contribution in [3.05, 3.63) is 35.4 Å². The standard InChI is InChI=1S/C11H14N2O4S/c1-18(16,17)7-6-13-11(15)9-5-3-2-4-8(9)10(14)12-13/h2-5,10,12,14H,6-7H2,1H3. The number of sulfone groups is 1. The Hall–Kier alpha value is -1.44. The SMILES string of the molecule is CS(=O)(=O)CCN1NC(O)c2ccccc2C1=O. The smallest absolute Gasteiger partial charge is 0.268 e. The number of hydrogen-bond acceptors (Lipinski definition) is 5. The second-order valence-electron chi connectivity index (χ2n) is 4.21. The van der Waals surface area contributed by atoms with E-state index in [0.717, 1.165) is 11.3 Å². The molecule has 1 aromatic rings. The van der Waals surface area contributed by atoms with Crippen molar-refractivity contribution in [3.63, 3.8) is 0 Å². The number of hydrogen-bond donors (Lipinski definition) is 2. The Morgan fingerprint density at radius 3 is 2.72 bits per heavy atom. The second-order valence-corrected chi connectivity index (χ2v) is 6.47. The van der Waals surface area contributed by atoms with Crippen LogP contribution in [0.4, 0.5) is 0 Å². The molecule has 0 spiro atoms. The van der Waals surface area contributed by atoms with Crippen molar-refractivity contribution < 1.29 is 18.3 Å². The van der Waals surface area contributed by atoms with Crippen LogP contribution in [0.5, 0.6) is 0 Å². The Balaban J connectivity index is 2.21. The first-order valence-electron chi connectivity index (χ1n) is 5.41. The first-order valence-corrected chi connectivity index (χ1v) is 7.47. The Morgan fingerprint density at radius 2 is 2.06 bits per heavy atom. The van der Waals surface area contributed by atoms with E-state index in [9.17, 15) is 18.3 Å². The van der Waals surface area contributed by atoms with Crippen LogP contribution in [0.3, 0.4) is 0 Å². The van der Waals surface area contributed by atoms with E-state index in [-0.39, 0.29) is 18.2 Å². The van der Waals surface area contributed by atoms with Gasteiger partial charge in [-0.2, -0.15) is 5.43 Å². The molecule has 1 heterocycles. The van der Waals surface area contributed by atoms with Gasteiger partial charge in [0, 0.05) is 17.4 Å². The molecule has 18 heavy (non-hydrogen) atoms. The predicted octanol–water partition coefficient (Wildman–Crippen LogP) is -0.317. The normalized spacial score (nSPS) is 19.8. The van der Waals surface area contributed by atoms with Crippen molar-refractivity contribution in [2.24, 2.45) is 0 Å². The van der Waals surface area contributed by atoms with E-state index in [4.69, 9.17) is 0 Å². The monoisotopic (exact) mass is 270 g/mol. The van der Waals surface area contributed by atoms with Crippen LogP contribution in [0.1, 0.15) is 22.1 Å². The summed E-state index contributed by atoms with van der Waals surface area (Å²) in [4.78, 5) is 12.0. The third kappa shape index (κ3) is 2.69. The fourth-order valence-electron chi connectivity index (χ4n) is 1.77. The largest absolute Gasteiger partial charge is 0.373 e. The molecule has 0 saturated heterocycles. The average Bonchev–Trinajstić information content (AvgIpc) is 2.31. The summed E-state index contributed by atoms with van der Waals surface area (Å²) >= 11 is 0. The summed E-state index contributed by atoms with van der Waals surface area (Å²) < 4.78 is 22.2. The van der Waals surface area contributed by atoms with Gasteiger partial charge in [0.15, 0.2) is 0 Å². The highest BCUT2D eigenvalue weighted by molar-refractivity contribution is 7.90. The van der Waals surface area contributed by atoms with Gasteiger partial charge in [0.2, 0.25) is 0 Å². The zero-order chi connectivity index (χ0) is 13.3. The summed E-state index contributed by atoms with van der Waals surface area (Å²) in [6.07, 6.45) is 0.102. The molecule has 1 amide bonds. The van der Waals surface area contributed by atoms with Crippen LogP contribution in [-0.2, 0) is 9.84 Å². The molecule has 1 atom stereocenters. The minimum atomic E-state index is -3.16. The number of carbonyl (C=O) groups is 1. The molecular weight excluding hydrogens is 256 g/mol. The van der Waals surface area contributed by atoms with Crippen molar-refractivity contribution in [3.8, 4) is 0 Å². The van der Waals surface area contributed by atoms with E-state index in [1.807, 2.05) is 0 Å². The Morgan fingerprint density at radius 1 is 1.39 bits per heavy atom. The average molecular weight is 270 g/mol. The summed E-state index contributed by atoms with van der Waals surface area (Å²) in [5, 5.41) is 11.0. The third-order valence-electron chi connectivity index (χ3n) is 2.69. The van der Waals surface area contributed by atoms with Crippen LogP contribution in [0.15, 0.2) is 24.3 Å². The minimum absolute atomic E-state index is 0.00304. The number of benzene rings is 1. The minimum Gasteiger partial charge on any atom is -0.373 e. The second kappa shape index (κ2) is 4.68. The maximum Gasteiger partial charge on any atom is 0.268 e. The number of amides is 1. The molecule has 1 aliphatic heterocycles. The number of nitrogens with zero attached hydrogens (tertiary/aromatic N) is 1. The maximum atomic E-state index is 12.0. The van der Waals surface area contributed by atoms with Gasteiger partial charge in [0.25, 0.3) is 5.91 Å². The fourth-order valence-corrected chi connectivity index (χ4v) is 2.29. The number of hydrazine groups is 1. The van der Waals surface area contributed by atoms with Gasteiger partial charge in [-0.15, -0.1) is 0 Å². The quantitative estimate of drug-likeness (QED) is 0.786. The lowest BCUT2D eigenvalue weighted by Gasteiger charge is -2.32. The molecule has 0 aliphatic carbocycles. The Bertz CT molecular complexity index is 570. The first kappa shape index (κ1) is 13.0. The molecule has 1 aromatic carbocycles. The van der Waals surface area contributed by atoms with Crippen molar-refractivity contribution in [1.29, 1.82) is 0 Å². The number of fused-ring (bicyclic) bond motifs is 1. The Labute approximate surface area is 105 Å². The maximum absolute atomic E-state index is 12.0. The summed E-state index contributed by atoms with van der Waals surface area (Å²) in [5.74, 6) is -0.486. The lowest BCUT2D eigenvalue weighted by Crippen LogP contribution is -2.50. The molecule has 7 heteroatoms. The van der Waals surface area contributed by atoms with E-state index < -0.39 is 16.1 Å². The van der Waals surface area contributed by atoms with Gasteiger partial charge in [-0.3, -0.25) is 9.80 Å². The molecule has 1 aliphatic rings. The topological polar surface area (TPSA) is 86.7 Å². The molecule has 2 rings (SSSR count). The van der Waals surface area contributed by atoms with E-state index in [0.29, 0.717) is 11.1 Å². The van der Waals surface area contributed by atoms with E-state index in [2.05, 4.69) is 5.43 Å². The molecule has 0 saturated carbocycles. The lowest BCUT2D eigenvalue weighted by atomic mass is 10.0. The fraction of sp³-hybridized carbons (Fsp3) is 0.364. The Kier molecular flexibility index (Phi) is 3.38. The molecule has 0 radical (unpaired) electrons. The van der Waals surface area contributed by atoms with Crippen molar-refractivity contribution >= 4 is 15.7 Å². The van der Waals surface area contributed by atoms with Gasteiger partial charge in [-0.25, -0.2) is 8.42 Å². The molecule has 98 valence electrons.